The Bertz CT molecular complexity index is 672. The molecule has 1 aromatic carbocycles. The van der Waals surface area contributed by atoms with Crippen LogP contribution in [-0.4, -0.2) is 36.9 Å². The van der Waals surface area contributed by atoms with Crippen LogP contribution < -0.4 is 16.0 Å². The number of halogens is 4. The van der Waals surface area contributed by atoms with E-state index >= 15 is 0 Å². The van der Waals surface area contributed by atoms with Gasteiger partial charge in [-0.05, 0) is 37.1 Å². The summed E-state index contributed by atoms with van der Waals surface area (Å²) in [6.07, 6.45) is 0.662. The first-order chi connectivity index (χ1) is 11.4. The number of benzene rings is 1. The molecule has 0 bridgehead atoms. The number of anilines is 1. The molecule has 0 aromatic heterocycles. The number of rotatable bonds is 3. The van der Waals surface area contributed by atoms with Gasteiger partial charge < -0.3 is 10.6 Å². The van der Waals surface area contributed by atoms with Gasteiger partial charge in [-0.1, -0.05) is 6.07 Å². The van der Waals surface area contributed by atoms with Gasteiger partial charge in [0, 0.05) is 12.1 Å². The molecular weight excluding hydrogens is 359 g/mol. The van der Waals surface area contributed by atoms with Crippen molar-refractivity contribution < 1.29 is 22.8 Å². The quantitative estimate of drug-likeness (QED) is 0.706. The van der Waals surface area contributed by atoms with Gasteiger partial charge in [-0.15, -0.1) is 12.4 Å². The van der Waals surface area contributed by atoms with Crippen LogP contribution in [0.1, 0.15) is 30.7 Å². The van der Waals surface area contributed by atoms with Crippen LogP contribution in [0.4, 0.5) is 18.9 Å². The van der Waals surface area contributed by atoms with E-state index in [9.17, 15) is 22.8 Å². The first-order valence-electron chi connectivity index (χ1n) is 7.85. The minimum Gasteiger partial charge on any atom is -0.374 e. The summed E-state index contributed by atoms with van der Waals surface area (Å²) in [7, 11) is 0. The number of amides is 2. The molecule has 1 aromatic rings. The molecular formula is C16H19ClF3N3O2. The van der Waals surface area contributed by atoms with Gasteiger partial charge in [0.05, 0.1) is 12.5 Å². The van der Waals surface area contributed by atoms with Gasteiger partial charge in [-0.3, -0.25) is 14.9 Å². The lowest BCUT2D eigenvalue weighted by Gasteiger charge is -2.32. The second-order valence-electron chi connectivity index (χ2n) is 6.16. The van der Waals surface area contributed by atoms with Crippen molar-refractivity contribution >= 4 is 29.9 Å². The Balaban J connectivity index is 0.00000225. The number of imide groups is 1. The maximum atomic E-state index is 14.3. The van der Waals surface area contributed by atoms with Gasteiger partial charge in [0.15, 0.2) is 0 Å². The van der Waals surface area contributed by atoms with Crippen LogP contribution in [0.5, 0.6) is 0 Å². The van der Waals surface area contributed by atoms with E-state index < -0.39 is 36.2 Å². The Morgan fingerprint density at radius 1 is 1.20 bits per heavy atom. The lowest BCUT2D eigenvalue weighted by Crippen LogP contribution is -2.47. The smallest absolute Gasteiger partial charge is 0.267 e. The van der Waals surface area contributed by atoms with Gasteiger partial charge in [0.2, 0.25) is 11.8 Å². The number of alkyl halides is 2. The summed E-state index contributed by atoms with van der Waals surface area (Å²) in [5.74, 6) is -5.70. The third kappa shape index (κ3) is 4.24. The van der Waals surface area contributed by atoms with Gasteiger partial charge in [-0.2, -0.15) is 0 Å². The second-order valence-corrected chi connectivity index (χ2v) is 6.16. The standard InChI is InChI=1S/C16H18F3N3O2.ClH/c17-12-7-9(21-13-3-4-14(23)22-15(13)24)1-2-10(12)11-5-6-20-8-16(11,18)19;/h1-2,7,11,13,20-21H,3-6,8H2,(H,22,23,24);1H. The Hall–Kier alpha value is -1.80. The zero-order chi connectivity index (χ0) is 17.3. The van der Waals surface area contributed by atoms with Crippen molar-refractivity contribution in [3.05, 3.63) is 29.6 Å². The highest BCUT2D eigenvalue weighted by molar-refractivity contribution is 6.01. The number of hydrogen-bond acceptors (Lipinski definition) is 4. The summed E-state index contributed by atoms with van der Waals surface area (Å²) < 4.78 is 42.3. The van der Waals surface area contributed by atoms with Crippen molar-refractivity contribution in [3.8, 4) is 0 Å². The van der Waals surface area contributed by atoms with Gasteiger partial charge in [0.1, 0.15) is 11.9 Å². The van der Waals surface area contributed by atoms with Crippen molar-refractivity contribution in [3.63, 3.8) is 0 Å². The highest BCUT2D eigenvalue weighted by Crippen LogP contribution is 2.39. The predicted molar refractivity (Wildman–Crippen MR) is 88.6 cm³/mol. The molecule has 3 N–H and O–H groups in total. The summed E-state index contributed by atoms with van der Waals surface area (Å²) in [6.45, 7) is -0.0522. The van der Waals surface area contributed by atoms with E-state index in [0.29, 0.717) is 18.7 Å². The average Bonchev–Trinajstić information content (AvgIpc) is 2.51. The largest absolute Gasteiger partial charge is 0.374 e. The van der Waals surface area contributed by atoms with Crippen LogP contribution in [-0.2, 0) is 9.59 Å². The normalized spacial score (nSPS) is 25.7. The van der Waals surface area contributed by atoms with E-state index in [2.05, 4.69) is 16.0 Å². The van der Waals surface area contributed by atoms with Crippen LogP contribution in [0, 0.1) is 5.82 Å². The predicted octanol–water partition coefficient (Wildman–Crippen LogP) is 2.18. The molecule has 0 radical (unpaired) electrons. The van der Waals surface area contributed by atoms with Crippen LogP contribution in [0.15, 0.2) is 18.2 Å². The number of carbonyl (C=O) groups is 2. The Kier molecular flexibility index (Phi) is 5.95. The highest BCUT2D eigenvalue weighted by Gasteiger charge is 2.43. The van der Waals surface area contributed by atoms with Crippen molar-refractivity contribution in [2.75, 3.05) is 18.4 Å². The molecule has 0 spiro atoms. The minimum atomic E-state index is -3.00. The van der Waals surface area contributed by atoms with Crippen molar-refractivity contribution in [2.24, 2.45) is 0 Å². The topological polar surface area (TPSA) is 70.2 Å². The van der Waals surface area contributed by atoms with Crippen molar-refractivity contribution in [1.82, 2.24) is 10.6 Å². The lowest BCUT2D eigenvalue weighted by atomic mass is 9.86. The third-order valence-corrected chi connectivity index (χ3v) is 4.44. The Labute approximate surface area is 149 Å². The summed E-state index contributed by atoms with van der Waals surface area (Å²) in [5.41, 5.74) is 0.304. The molecule has 2 aliphatic rings. The first kappa shape index (κ1) is 19.5. The molecule has 5 nitrogen and oxygen atoms in total. The molecule has 2 unspecified atom stereocenters. The number of piperidine rings is 2. The number of carbonyl (C=O) groups excluding carboxylic acids is 2. The van der Waals surface area contributed by atoms with E-state index in [0.717, 1.165) is 6.07 Å². The Morgan fingerprint density at radius 3 is 2.60 bits per heavy atom. The minimum absolute atomic E-state index is 0. The molecule has 2 amide bonds. The number of hydrogen-bond donors (Lipinski definition) is 3. The Morgan fingerprint density at radius 2 is 1.96 bits per heavy atom. The monoisotopic (exact) mass is 377 g/mol. The molecule has 138 valence electrons. The molecule has 2 heterocycles. The zero-order valence-corrected chi connectivity index (χ0v) is 14.1. The molecule has 2 aliphatic heterocycles. The molecule has 2 atom stereocenters. The van der Waals surface area contributed by atoms with Crippen LogP contribution in [0.2, 0.25) is 0 Å². The SMILES string of the molecule is Cl.O=C1CCC(Nc2ccc(C3CCNCC3(F)F)c(F)c2)C(=O)N1. The molecule has 25 heavy (non-hydrogen) atoms. The van der Waals surface area contributed by atoms with E-state index in [1.165, 1.54) is 12.1 Å². The van der Waals surface area contributed by atoms with Crippen molar-refractivity contribution in [2.45, 2.75) is 37.1 Å². The molecule has 0 aliphatic carbocycles. The average molecular weight is 378 g/mol. The molecule has 0 saturated carbocycles. The van der Waals surface area contributed by atoms with Crippen LogP contribution in [0.3, 0.4) is 0 Å². The van der Waals surface area contributed by atoms with E-state index in [-0.39, 0.29) is 36.7 Å². The summed E-state index contributed by atoms with van der Waals surface area (Å²) >= 11 is 0. The molecule has 2 fully saturated rings. The van der Waals surface area contributed by atoms with Gasteiger partial charge >= 0.3 is 0 Å². The van der Waals surface area contributed by atoms with Crippen LogP contribution >= 0.6 is 12.4 Å². The molecule has 9 heteroatoms. The van der Waals surface area contributed by atoms with E-state index in [4.69, 9.17) is 0 Å². The molecule has 2 saturated heterocycles. The van der Waals surface area contributed by atoms with Gasteiger partial charge in [0.25, 0.3) is 5.92 Å². The first-order valence-corrected chi connectivity index (χ1v) is 7.85. The zero-order valence-electron chi connectivity index (χ0n) is 13.3. The fraction of sp³-hybridized carbons (Fsp3) is 0.500. The summed E-state index contributed by atoms with van der Waals surface area (Å²) in [5, 5.41) is 7.65. The number of nitrogens with one attached hydrogen (secondary N) is 3. The maximum absolute atomic E-state index is 14.3. The van der Waals surface area contributed by atoms with E-state index in [1.54, 1.807) is 0 Å². The highest BCUT2D eigenvalue weighted by atomic mass is 35.5. The fourth-order valence-corrected chi connectivity index (χ4v) is 3.15. The second kappa shape index (κ2) is 7.61. The van der Waals surface area contributed by atoms with Gasteiger partial charge in [-0.25, -0.2) is 13.2 Å². The maximum Gasteiger partial charge on any atom is 0.267 e. The lowest BCUT2D eigenvalue weighted by molar-refractivity contribution is -0.133. The van der Waals surface area contributed by atoms with E-state index in [1.807, 2.05) is 0 Å². The summed E-state index contributed by atoms with van der Waals surface area (Å²) in [4.78, 5) is 22.8. The fourth-order valence-electron chi connectivity index (χ4n) is 3.15. The molecule has 3 rings (SSSR count). The van der Waals surface area contributed by atoms with Crippen molar-refractivity contribution in [1.29, 1.82) is 0 Å². The van der Waals surface area contributed by atoms with Crippen LogP contribution in [0.25, 0.3) is 0 Å². The summed E-state index contributed by atoms with van der Waals surface area (Å²) in [6, 6.07) is 3.30. The third-order valence-electron chi connectivity index (χ3n) is 4.44.